The smallest absolute Gasteiger partial charge is 0.272 e. The summed E-state index contributed by atoms with van der Waals surface area (Å²) in [5.74, 6) is 0.566. The maximum Gasteiger partial charge on any atom is 0.301 e. The third kappa shape index (κ3) is 3.20. The van der Waals surface area contributed by atoms with Crippen molar-refractivity contribution in [3.8, 4) is 0 Å². The second-order valence-corrected chi connectivity index (χ2v) is 7.04. The number of nitrogens with one attached hydrogen (secondary N) is 1. The fourth-order valence-corrected chi connectivity index (χ4v) is 4.35. The Hall–Kier alpha value is -2.51. The molecule has 0 saturated heterocycles. The minimum Gasteiger partial charge on any atom is -0.272 e. The summed E-state index contributed by atoms with van der Waals surface area (Å²) in [6.07, 6.45) is 7.80. The lowest BCUT2D eigenvalue weighted by molar-refractivity contribution is -0.393. The quantitative estimate of drug-likeness (QED) is 0.630. The van der Waals surface area contributed by atoms with Crippen molar-refractivity contribution in [2.45, 2.75) is 51.9 Å². The predicted molar refractivity (Wildman–Crippen MR) is 94.7 cm³/mol. The van der Waals surface area contributed by atoms with Gasteiger partial charge >= 0.3 is 5.69 Å². The van der Waals surface area contributed by atoms with E-state index in [1.54, 1.807) is 0 Å². The number of nitro groups is 2. The van der Waals surface area contributed by atoms with Gasteiger partial charge in [0.2, 0.25) is 0 Å². The highest BCUT2D eigenvalue weighted by molar-refractivity contribution is 5.92. The molecule has 8 nitrogen and oxygen atoms in total. The molecule has 3 rings (SSSR count). The number of benzene rings is 1. The second-order valence-electron chi connectivity index (χ2n) is 7.04. The van der Waals surface area contributed by atoms with E-state index in [2.05, 4.69) is 17.5 Å². The topological polar surface area (TPSA) is 111 Å². The van der Waals surface area contributed by atoms with E-state index in [9.17, 15) is 20.2 Å². The van der Waals surface area contributed by atoms with Crippen LogP contribution in [0.2, 0.25) is 0 Å². The first-order valence-electron chi connectivity index (χ1n) is 8.70. The maximum atomic E-state index is 11.2. The first-order valence-corrected chi connectivity index (χ1v) is 8.70. The SMILES string of the molecule is CC1CCC/C(=N\Nc2ccc([N+](=O)[O-])cc2[N+](=O)[O-])C12CCCC2. The average Bonchev–Trinajstić information content (AvgIpc) is 3.06. The summed E-state index contributed by atoms with van der Waals surface area (Å²) in [6.45, 7) is 2.27. The largest absolute Gasteiger partial charge is 0.301 e. The number of non-ortho nitro benzene ring substituents is 1. The molecule has 8 heteroatoms. The first-order chi connectivity index (χ1) is 11.9. The Morgan fingerprint density at radius 1 is 1.16 bits per heavy atom. The normalized spacial score (nSPS) is 23.7. The fraction of sp³-hybridized carbons (Fsp3) is 0.588. The van der Waals surface area contributed by atoms with Gasteiger partial charge < -0.3 is 0 Å². The van der Waals surface area contributed by atoms with Gasteiger partial charge in [0.25, 0.3) is 5.69 Å². The summed E-state index contributed by atoms with van der Waals surface area (Å²) >= 11 is 0. The fourth-order valence-electron chi connectivity index (χ4n) is 4.35. The Morgan fingerprint density at radius 2 is 1.88 bits per heavy atom. The molecule has 0 radical (unpaired) electrons. The molecule has 0 aromatic heterocycles. The molecule has 0 aliphatic heterocycles. The van der Waals surface area contributed by atoms with Gasteiger partial charge in [0.1, 0.15) is 5.69 Å². The molecule has 0 heterocycles. The predicted octanol–water partition coefficient (Wildman–Crippen LogP) is 4.65. The van der Waals surface area contributed by atoms with Crippen molar-refractivity contribution >= 4 is 22.8 Å². The third-order valence-electron chi connectivity index (χ3n) is 5.76. The van der Waals surface area contributed by atoms with Gasteiger partial charge in [-0.15, -0.1) is 0 Å². The highest BCUT2D eigenvalue weighted by atomic mass is 16.6. The van der Waals surface area contributed by atoms with E-state index in [0.717, 1.165) is 37.5 Å². The molecule has 134 valence electrons. The van der Waals surface area contributed by atoms with Crippen molar-refractivity contribution in [1.82, 2.24) is 0 Å². The van der Waals surface area contributed by atoms with E-state index in [4.69, 9.17) is 0 Å². The molecule has 2 fully saturated rings. The number of anilines is 1. The Morgan fingerprint density at radius 3 is 2.52 bits per heavy atom. The highest BCUT2D eigenvalue weighted by Crippen LogP contribution is 2.50. The van der Waals surface area contributed by atoms with Gasteiger partial charge in [0.15, 0.2) is 0 Å². The van der Waals surface area contributed by atoms with E-state index in [-0.39, 0.29) is 22.5 Å². The van der Waals surface area contributed by atoms with Crippen LogP contribution in [0.1, 0.15) is 51.9 Å². The van der Waals surface area contributed by atoms with Crippen molar-refractivity contribution in [3.05, 3.63) is 38.4 Å². The lowest BCUT2D eigenvalue weighted by Gasteiger charge is -2.40. The number of hydrogen-bond donors (Lipinski definition) is 1. The molecule has 1 spiro atoms. The minimum absolute atomic E-state index is 0.112. The number of rotatable bonds is 4. The van der Waals surface area contributed by atoms with Crippen molar-refractivity contribution in [2.75, 3.05) is 5.43 Å². The molecule has 1 aromatic carbocycles. The summed E-state index contributed by atoms with van der Waals surface area (Å²) in [5, 5.41) is 26.6. The minimum atomic E-state index is -0.640. The zero-order valence-corrected chi connectivity index (χ0v) is 14.2. The number of nitrogens with zero attached hydrogens (tertiary/aromatic N) is 3. The molecule has 1 N–H and O–H groups in total. The summed E-state index contributed by atoms with van der Waals surface area (Å²) in [7, 11) is 0. The van der Waals surface area contributed by atoms with Crippen LogP contribution < -0.4 is 5.43 Å². The second kappa shape index (κ2) is 6.78. The van der Waals surface area contributed by atoms with E-state index < -0.39 is 9.85 Å². The zero-order valence-electron chi connectivity index (χ0n) is 14.2. The molecular weight excluding hydrogens is 324 g/mol. The van der Waals surface area contributed by atoms with Crippen LogP contribution in [0, 0.1) is 31.6 Å². The van der Waals surface area contributed by atoms with Gasteiger partial charge in [-0.2, -0.15) is 5.10 Å². The summed E-state index contributed by atoms with van der Waals surface area (Å²) < 4.78 is 0. The van der Waals surface area contributed by atoms with Gasteiger partial charge in [-0.3, -0.25) is 25.7 Å². The Labute approximate surface area is 145 Å². The maximum absolute atomic E-state index is 11.2. The van der Waals surface area contributed by atoms with E-state index in [1.807, 2.05) is 0 Å². The number of hydrazone groups is 1. The van der Waals surface area contributed by atoms with Gasteiger partial charge in [0.05, 0.1) is 15.9 Å². The van der Waals surface area contributed by atoms with Gasteiger partial charge in [-0.05, 0) is 44.1 Å². The lowest BCUT2D eigenvalue weighted by atomic mass is 9.64. The number of nitro benzene ring substituents is 2. The molecule has 1 unspecified atom stereocenters. The molecule has 2 aliphatic carbocycles. The first kappa shape index (κ1) is 17.3. The van der Waals surface area contributed by atoms with Crippen molar-refractivity contribution in [3.63, 3.8) is 0 Å². The van der Waals surface area contributed by atoms with Crippen LogP contribution in [0.15, 0.2) is 23.3 Å². The van der Waals surface area contributed by atoms with Crippen LogP contribution in [0.3, 0.4) is 0 Å². The highest BCUT2D eigenvalue weighted by Gasteiger charge is 2.45. The van der Waals surface area contributed by atoms with Crippen LogP contribution >= 0.6 is 0 Å². The van der Waals surface area contributed by atoms with Gasteiger partial charge in [0, 0.05) is 17.2 Å². The summed E-state index contributed by atoms with van der Waals surface area (Å²) in [5.41, 5.74) is 3.59. The standard InChI is InChI=1S/C17H22N4O4/c1-12-5-4-6-16(17(12)9-2-3-10-17)19-18-14-8-7-13(20(22)23)11-15(14)21(24)25/h7-8,11-12,18H,2-6,9-10H2,1H3/b19-16+. The van der Waals surface area contributed by atoms with Crippen LogP contribution in [0.5, 0.6) is 0 Å². The van der Waals surface area contributed by atoms with Crippen LogP contribution in [0.4, 0.5) is 17.1 Å². The molecule has 1 atom stereocenters. The molecule has 0 bridgehead atoms. The molecular formula is C17H22N4O4. The van der Waals surface area contributed by atoms with Crippen LogP contribution in [-0.4, -0.2) is 15.6 Å². The van der Waals surface area contributed by atoms with Crippen molar-refractivity contribution in [2.24, 2.45) is 16.4 Å². The van der Waals surface area contributed by atoms with E-state index >= 15 is 0 Å². The molecule has 1 aromatic rings. The summed E-state index contributed by atoms with van der Waals surface area (Å²) in [4.78, 5) is 20.8. The molecule has 0 amide bonds. The Kier molecular flexibility index (Phi) is 4.69. The molecule has 2 saturated carbocycles. The van der Waals surface area contributed by atoms with Crippen LogP contribution in [0.25, 0.3) is 0 Å². The monoisotopic (exact) mass is 346 g/mol. The van der Waals surface area contributed by atoms with Gasteiger partial charge in [-0.25, -0.2) is 0 Å². The van der Waals surface area contributed by atoms with E-state index in [1.165, 1.54) is 31.4 Å². The number of hydrogen-bond acceptors (Lipinski definition) is 6. The Bertz CT molecular complexity index is 725. The zero-order chi connectivity index (χ0) is 18.0. The molecule has 25 heavy (non-hydrogen) atoms. The van der Waals surface area contributed by atoms with Crippen LogP contribution in [-0.2, 0) is 0 Å². The molecule has 2 aliphatic rings. The van der Waals surface area contributed by atoms with Crippen molar-refractivity contribution < 1.29 is 9.85 Å². The van der Waals surface area contributed by atoms with E-state index in [0.29, 0.717) is 5.92 Å². The van der Waals surface area contributed by atoms with Gasteiger partial charge in [-0.1, -0.05) is 19.8 Å². The Balaban J connectivity index is 1.90. The third-order valence-corrected chi connectivity index (χ3v) is 5.76. The average molecular weight is 346 g/mol. The van der Waals surface area contributed by atoms with Crippen molar-refractivity contribution in [1.29, 1.82) is 0 Å². The lowest BCUT2D eigenvalue weighted by Crippen LogP contribution is -2.38. The summed E-state index contributed by atoms with van der Waals surface area (Å²) in [6, 6.07) is 3.58.